The normalized spacial score (nSPS) is 18.4. The van der Waals surface area contributed by atoms with Crippen molar-refractivity contribution in [3.63, 3.8) is 0 Å². The number of nitrogens with zero attached hydrogens (tertiary/aromatic N) is 1. The van der Waals surface area contributed by atoms with E-state index >= 15 is 0 Å². The van der Waals surface area contributed by atoms with Crippen LogP contribution in [-0.2, 0) is 0 Å². The van der Waals surface area contributed by atoms with Crippen molar-refractivity contribution < 1.29 is 5.11 Å². The lowest BCUT2D eigenvalue weighted by atomic mass is 9.90. The Balaban J connectivity index is 1.98. The van der Waals surface area contributed by atoms with Gasteiger partial charge in [0.15, 0.2) is 0 Å². The number of rotatable bonds is 2. The topological polar surface area (TPSA) is 57.2 Å². The molecule has 4 nitrogen and oxygen atoms in total. The molecule has 0 saturated carbocycles. The highest BCUT2D eigenvalue weighted by Crippen LogP contribution is 2.29. The second-order valence-corrected chi connectivity index (χ2v) is 5.50. The number of piperidine rings is 1. The standard InChI is InChI=1S/C15H19N3O/c1-15(5-8-16-9-6-15)18-14-13-10-12(19)3-2-11(13)4-7-17-14/h2-4,7,10,16,19H,5-6,8-9H2,1H3,(H,17,18). The number of pyridine rings is 1. The van der Waals surface area contributed by atoms with Gasteiger partial charge in [-0.25, -0.2) is 4.98 Å². The van der Waals surface area contributed by atoms with Crippen LogP contribution in [0.2, 0.25) is 0 Å². The van der Waals surface area contributed by atoms with E-state index < -0.39 is 0 Å². The van der Waals surface area contributed by atoms with Crippen LogP contribution in [0, 0.1) is 0 Å². The molecule has 3 rings (SSSR count). The summed E-state index contributed by atoms with van der Waals surface area (Å²) >= 11 is 0. The molecule has 1 aromatic heterocycles. The van der Waals surface area contributed by atoms with Crippen LogP contribution in [0.25, 0.3) is 10.8 Å². The van der Waals surface area contributed by atoms with Crippen molar-refractivity contribution in [3.05, 3.63) is 30.5 Å². The van der Waals surface area contributed by atoms with Gasteiger partial charge in [-0.2, -0.15) is 0 Å². The third-order valence-electron chi connectivity index (χ3n) is 3.88. The van der Waals surface area contributed by atoms with Crippen molar-refractivity contribution >= 4 is 16.6 Å². The van der Waals surface area contributed by atoms with Gasteiger partial charge < -0.3 is 15.7 Å². The molecule has 2 heterocycles. The second kappa shape index (κ2) is 4.70. The molecule has 19 heavy (non-hydrogen) atoms. The molecule has 1 aliphatic heterocycles. The lowest BCUT2D eigenvalue weighted by molar-refractivity contribution is 0.364. The highest BCUT2D eigenvalue weighted by molar-refractivity contribution is 5.92. The van der Waals surface area contributed by atoms with E-state index in [1.807, 2.05) is 18.3 Å². The number of benzene rings is 1. The molecule has 1 aromatic carbocycles. The molecule has 1 saturated heterocycles. The van der Waals surface area contributed by atoms with Crippen LogP contribution in [0.1, 0.15) is 19.8 Å². The van der Waals surface area contributed by atoms with Gasteiger partial charge in [-0.1, -0.05) is 6.07 Å². The van der Waals surface area contributed by atoms with Crippen LogP contribution >= 0.6 is 0 Å². The van der Waals surface area contributed by atoms with Gasteiger partial charge in [-0.15, -0.1) is 0 Å². The molecule has 0 atom stereocenters. The summed E-state index contributed by atoms with van der Waals surface area (Å²) in [6, 6.07) is 7.36. The Hall–Kier alpha value is -1.81. The first-order valence-corrected chi connectivity index (χ1v) is 6.73. The molecule has 0 amide bonds. The van der Waals surface area contributed by atoms with E-state index in [1.54, 1.807) is 12.1 Å². The van der Waals surface area contributed by atoms with Crippen LogP contribution in [0.4, 0.5) is 5.82 Å². The average Bonchev–Trinajstić information content (AvgIpc) is 2.40. The number of phenols is 1. The fourth-order valence-corrected chi connectivity index (χ4v) is 2.65. The van der Waals surface area contributed by atoms with E-state index in [4.69, 9.17) is 0 Å². The first kappa shape index (κ1) is 12.2. The second-order valence-electron chi connectivity index (χ2n) is 5.50. The van der Waals surface area contributed by atoms with Gasteiger partial charge in [0.2, 0.25) is 0 Å². The SMILES string of the molecule is CC1(Nc2nccc3ccc(O)cc23)CCNCC1. The molecule has 0 spiro atoms. The minimum absolute atomic E-state index is 0.0675. The zero-order valence-corrected chi connectivity index (χ0v) is 11.1. The maximum absolute atomic E-state index is 9.66. The Morgan fingerprint density at radius 1 is 1.26 bits per heavy atom. The summed E-state index contributed by atoms with van der Waals surface area (Å²) in [4.78, 5) is 4.44. The monoisotopic (exact) mass is 257 g/mol. The largest absolute Gasteiger partial charge is 0.508 e. The summed E-state index contributed by atoms with van der Waals surface area (Å²) in [5, 5.41) is 18.7. The van der Waals surface area contributed by atoms with Crippen LogP contribution in [0.15, 0.2) is 30.5 Å². The molecule has 3 N–H and O–H groups in total. The summed E-state index contributed by atoms with van der Waals surface area (Å²) in [5.74, 6) is 1.14. The van der Waals surface area contributed by atoms with Crippen molar-refractivity contribution in [2.45, 2.75) is 25.3 Å². The Bertz CT molecular complexity index is 591. The zero-order valence-electron chi connectivity index (χ0n) is 11.1. The van der Waals surface area contributed by atoms with E-state index in [9.17, 15) is 5.11 Å². The first-order valence-electron chi connectivity index (χ1n) is 6.73. The highest BCUT2D eigenvalue weighted by Gasteiger charge is 2.27. The Morgan fingerprint density at radius 3 is 2.84 bits per heavy atom. The van der Waals surface area contributed by atoms with Gasteiger partial charge in [0.25, 0.3) is 0 Å². The molecule has 1 fully saturated rings. The summed E-state index contributed by atoms with van der Waals surface area (Å²) in [6.45, 7) is 4.29. The predicted octanol–water partition coefficient (Wildman–Crippen LogP) is 2.49. The molecular weight excluding hydrogens is 238 g/mol. The van der Waals surface area contributed by atoms with Crippen molar-refractivity contribution in [2.75, 3.05) is 18.4 Å². The third-order valence-corrected chi connectivity index (χ3v) is 3.88. The van der Waals surface area contributed by atoms with E-state index in [1.165, 1.54) is 0 Å². The zero-order chi connectivity index (χ0) is 13.3. The van der Waals surface area contributed by atoms with Crippen LogP contribution in [0.5, 0.6) is 5.75 Å². The number of aromatic hydroxyl groups is 1. The van der Waals surface area contributed by atoms with Gasteiger partial charge in [0.1, 0.15) is 11.6 Å². The number of aromatic nitrogens is 1. The molecule has 4 heteroatoms. The number of hydrogen-bond acceptors (Lipinski definition) is 4. The third kappa shape index (κ3) is 2.49. The maximum Gasteiger partial charge on any atom is 0.134 e. The van der Waals surface area contributed by atoms with E-state index in [0.717, 1.165) is 42.5 Å². The average molecular weight is 257 g/mol. The number of hydrogen-bond donors (Lipinski definition) is 3. The summed E-state index contributed by atoms with van der Waals surface area (Å²) in [5.41, 5.74) is 0.0675. The van der Waals surface area contributed by atoms with Gasteiger partial charge >= 0.3 is 0 Å². The van der Waals surface area contributed by atoms with E-state index in [0.29, 0.717) is 0 Å². The Morgan fingerprint density at radius 2 is 2.05 bits per heavy atom. The van der Waals surface area contributed by atoms with Crippen molar-refractivity contribution in [1.29, 1.82) is 0 Å². The molecule has 0 bridgehead atoms. The molecule has 0 unspecified atom stereocenters. The molecular formula is C15H19N3O. The summed E-state index contributed by atoms with van der Waals surface area (Å²) < 4.78 is 0. The molecule has 1 aliphatic rings. The fraction of sp³-hybridized carbons (Fsp3) is 0.400. The Kier molecular flexibility index (Phi) is 3.03. The maximum atomic E-state index is 9.66. The number of fused-ring (bicyclic) bond motifs is 1. The van der Waals surface area contributed by atoms with Crippen molar-refractivity contribution in [1.82, 2.24) is 10.3 Å². The minimum atomic E-state index is 0.0675. The van der Waals surface area contributed by atoms with Crippen LogP contribution in [-0.4, -0.2) is 28.7 Å². The molecule has 2 aromatic rings. The number of nitrogens with one attached hydrogen (secondary N) is 2. The summed E-state index contributed by atoms with van der Waals surface area (Å²) in [6.07, 6.45) is 3.96. The quantitative estimate of drug-likeness (QED) is 0.773. The molecule has 0 aliphatic carbocycles. The van der Waals surface area contributed by atoms with Gasteiger partial charge in [-0.05, 0) is 56.4 Å². The first-order chi connectivity index (χ1) is 9.16. The minimum Gasteiger partial charge on any atom is -0.508 e. The lowest BCUT2D eigenvalue weighted by Gasteiger charge is -2.35. The highest BCUT2D eigenvalue weighted by atomic mass is 16.3. The fourth-order valence-electron chi connectivity index (χ4n) is 2.65. The van der Waals surface area contributed by atoms with Crippen LogP contribution in [0.3, 0.4) is 0 Å². The number of phenolic OH excluding ortho intramolecular Hbond substituents is 1. The van der Waals surface area contributed by atoms with E-state index in [2.05, 4.69) is 22.5 Å². The lowest BCUT2D eigenvalue weighted by Crippen LogP contribution is -2.45. The van der Waals surface area contributed by atoms with Crippen molar-refractivity contribution in [3.8, 4) is 5.75 Å². The van der Waals surface area contributed by atoms with Gasteiger partial charge in [-0.3, -0.25) is 0 Å². The van der Waals surface area contributed by atoms with Crippen LogP contribution < -0.4 is 10.6 Å². The van der Waals surface area contributed by atoms with Gasteiger partial charge in [0.05, 0.1) is 0 Å². The van der Waals surface area contributed by atoms with Gasteiger partial charge in [0, 0.05) is 17.1 Å². The smallest absolute Gasteiger partial charge is 0.134 e. The molecule has 100 valence electrons. The summed E-state index contributed by atoms with van der Waals surface area (Å²) in [7, 11) is 0. The van der Waals surface area contributed by atoms with E-state index in [-0.39, 0.29) is 11.3 Å². The Labute approximate surface area is 112 Å². The predicted molar refractivity (Wildman–Crippen MR) is 77.5 cm³/mol. The van der Waals surface area contributed by atoms with Crippen molar-refractivity contribution in [2.24, 2.45) is 0 Å². The molecule has 0 radical (unpaired) electrons. The number of anilines is 1.